The molecule has 0 bridgehead atoms. The van der Waals surface area contributed by atoms with E-state index in [0.717, 1.165) is 17.2 Å². The summed E-state index contributed by atoms with van der Waals surface area (Å²) in [4.78, 5) is 11.9. The van der Waals surface area contributed by atoms with Gasteiger partial charge in [-0.1, -0.05) is 42.0 Å². The number of para-hydroxylation sites is 1. The van der Waals surface area contributed by atoms with E-state index < -0.39 is 17.6 Å². The zero-order valence-corrected chi connectivity index (χ0v) is 12.1. The molecule has 0 saturated heterocycles. The number of aryl methyl sites for hydroxylation is 2. The lowest BCUT2D eigenvalue weighted by molar-refractivity contribution is -0.137. The Balaban J connectivity index is 1.99. The number of carbonyl (C=O) groups is 1. The van der Waals surface area contributed by atoms with Gasteiger partial charge < -0.3 is 5.32 Å². The van der Waals surface area contributed by atoms with Gasteiger partial charge in [0, 0.05) is 6.42 Å². The van der Waals surface area contributed by atoms with Gasteiger partial charge in [-0.3, -0.25) is 4.79 Å². The molecule has 116 valence electrons. The van der Waals surface area contributed by atoms with Crippen LogP contribution in [0.15, 0.2) is 48.5 Å². The van der Waals surface area contributed by atoms with E-state index in [1.54, 1.807) is 0 Å². The highest BCUT2D eigenvalue weighted by Gasteiger charge is 2.33. The monoisotopic (exact) mass is 307 g/mol. The molecule has 2 nitrogen and oxygen atoms in total. The maximum Gasteiger partial charge on any atom is 0.418 e. The van der Waals surface area contributed by atoms with Gasteiger partial charge in [0.2, 0.25) is 5.91 Å². The van der Waals surface area contributed by atoms with Crippen LogP contribution in [-0.2, 0) is 17.4 Å². The summed E-state index contributed by atoms with van der Waals surface area (Å²) in [7, 11) is 0. The minimum absolute atomic E-state index is 0.134. The van der Waals surface area contributed by atoms with Gasteiger partial charge in [0.05, 0.1) is 11.3 Å². The highest BCUT2D eigenvalue weighted by molar-refractivity contribution is 5.91. The SMILES string of the molecule is Cc1ccc(CCC(=O)Nc2ccccc2C(F)(F)F)cc1. The second-order valence-electron chi connectivity index (χ2n) is 5.08. The predicted octanol–water partition coefficient (Wildman–Crippen LogP) is 4.59. The van der Waals surface area contributed by atoms with Gasteiger partial charge in [-0.2, -0.15) is 13.2 Å². The molecule has 0 saturated carbocycles. The van der Waals surface area contributed by atoms with Crippen molar-refractivity contribution in [2.45, 2.75) is 25.9 Å². The molecule has 1 N–H and O–H groups in total. The van der Waals surface area contributed by atoms with E-state index in [0.29, 0.717) is 6.42 Å². The summed E-state index contributed by atoms with van der Waals surface area (Å²) >= 11 is 0. The van der Waals surface area contributed by atoms with E-state index in [9.17, 15) is 18.0 Å². The number of rotatable bonds is 4. The van der Waals surface area contributed by atoms with Crippen LogP contribution in [0.3, 0.4) is 0 Å². The smallest absolute Gasteiger partial charge is 0.325 e. The number of alkyl halides is 3. The lowest BCUT2D eigenvalue weighted by atomic mass is 10.1. The topological polar surface area (TPSA) is 29.1 Å². The van der Waals surface area contributed by atoms with E-state index in [2.05, 4.69) is 5.32 Å². The van der Waals surface area contributed by atoms with Gasteiger partial charge in [0.25, 0.3) is 0 Å². The van der Waals surface area contributed by atoms with Crippen LogP contribution in [0, 0.1) is 6.92 Å². The molecule has 5 heteroatoms. The highest BCUT2D eigenvalue weighted by Crippen LogP contribution is 2.34. The largest absolute Gasteiger partial charge is 0.418 e. The van der Waals surface area contributed by atoms with Crippen molar-refractivity contribution in [1.82, 2.24) is 0 Å². The van der Waals surface area contributed by atoms with Crippen LogP contribution in [-0.4, -0.2) is 5.91 Å². The molecule has 0 heterocycles. The maximum absolute atomic E-state index is 12.8. The number of hydrogen-bond donors (Lipinski definition) is 1. The molecule has 0 atom stereocenters. The van der Waals surface area contributed by atoms with Gasteiger partial charge >= 0.3 is 6.18 Å². The van der Waals surface area contributed by atoms with Crippen molar-refractivity contribution in [3.8, 4) is 0 Å². The average Bonchev–Trinajstić information content (AvgIpc) is 2.46. The van der Waals surface area contributed by atoms with Gasteiger partial charge in [0.15, 0.2) is 0 Å². The first-order valence-corrected chi connectivity index (χ1v) is 6.88. The molecule has 0 fully saturated rings. The minimum atomic E-state index is -4.49. The second kappa shape index (κ2) is 6.64. The van der Waals surface area contributed by atoms with Crippen molar-refractivity contribution in [1.29, 1.82) is 0 Å². The lowest BCUT2D eigenvalue weighted by Gasteiger charge is -2.13. The third-order valence-corrected chi connectivity index (χ3v) is 3.27. The predicted molar refractivity (Wildman–Crippen MR) is 79.6 cm³/mol. The number of hydrogen-bond acceptors (Lipinski definition) is 1. The maximum atomic E-state index is 12.8. The summed E-state index contributed by atoms with van der Waals surface area (Å²) in [6, 6.07) is 12.7. The van der Waals surface area contributed by atoms with Crippen LogP contribution >= 0.6 is 0 Å². The van der Waals surface area contributed by atoms with Crippen molar-refractivity contribution in [3.63, 3.8) is 0 Å². The van der Waals surface area contributed by atoms with Crippen LogP contribution in [0.25, 0.3) is 0 Å². The third-order valence-electron chi connectivity index (χ3n) is 3.27. The van der Waals surface area contributed by atoms with E-state index in [1.165, 1.54) is 18.2 Å². The van der Waals surface area contributed by atoms with Crippen molar-refractivity contribution in [3.05, 3.63) is 65.2 Å². The fraction of sp³-hybridized carbons (Fsp3) is 0.235. The van der Waals surface area contributed by atoms with E-state index >= 15 is 0 Å². The fourth-order valence-corrected chi connectivity index (χ4v) is 2.06. The quantitative estimate of drug-likeness (QED) is 0.879. The van der Waals surface area contributed by atoms with Crippen LogP contribution in [0.2, 0.25) is 0 Å². The Kier molecular flexibility index (Phi) is 4.85. The molecule has 1 amide bonds. The molecule has 2 rings (SSSR count). The van der Waals surface area contributed by atoms with Gasteiger partial charge in [-0.25, -0.2) is 0 Å². The Morgan fingerprint density at radius 3 is 2.32 bits per heavy atom. The summed E-state index contributed by atoms with van der Waals surface area (Å²) < 4.78 is 38.5. The molecular weight excluding hydrogens is 291 g/mol. The first-order chi connectivity index (χ1) is 10.4. The normalized spacial score (nSPS) is 11.3. The Morgan fingerprint density at radius 2 is 1.68 bits per heavy atom. The molecular formula is C17H16F3NO. The summed E-state index contributed by atoms with van der Waals surface area (Å²) in [5.74, 6) is -0.433. The second-order valence-corrected chi connectivity index (χ2v) is 5.08. The first-order valence-electron chi connectivity index (χ1n) is 6.88. The zero-order valence-electron chi connectivity index (χ0n) is 12.1. The number of anilines is 1. The molecule has 0 unspecified atom stereocenters. The number of halogens is 3. The van der Waals surface area contributed by atoms with Gasteiger partial charge in [-0.15, -0.1) is 0 Å². The summed E-state index contributed by atoms with van der Waals surface area (Å²) in [6.45, 7) is 1.96. The van der Waals surface area contributed by atoms with Crippen molar-refractivity contribution < 1.29 is 18.0 Å². The first kappa shape index (κ1) is 16.1. The molecule has 0 aliphatic carbocycles. The molecule has 0 spiro atoms. The Labute approximate surface area is 127 Å². The summed E-state index contributed by atoms with van der Waals surface area (Å²) in [5, 5.41) is 2.34. The average molecular weight is 307 g/mol. The molecule has 0 aliphatic rings. The zero-order chi connectivity index (χ0) is 16.2. The van der Waals surface area contributed by atoms with Gasteiger partial charge in [-0.05, 0) is 31.0 Å². The van der Waals surface area contributed by atoms with Crippen LogP contribution < -0.4 is 5.32 Å². The highest BCUT2D eigenvalue weighted by atomic mass is 19.4. The molecule has 2 aromatic rings. The third kappa shape index (κ3) is 4.35. The van der Waals surface area contributed by atoms with Crippen molar-refractivity contribution in [2.75, 3.05) is 5.32 Å². The molecule has 0 aromatic heterocycles. The lowest BCUT2D eigenvalue weighted by Crippen LogP contribution is -2.16. The number of carbonyl (C=O) groups excluding carboxylic acids is 1. The Hall–Kier alpha value is -2.30. The summed E-state index contributed by atoms with van der Waals surface area (Å²) in [5.41, 5.74) is 1.06. The van der Waals surface area contributed by atoms with Gasteiger partial charge in [0.1, 0.15) is 0 Å². The number of nitrogens with one attached hydrogen (secondary N) is 1. The molecule has 2 aromatic carbocycles. The molecule has 22 heavy (non-hydrogen) atoms. The van der Waals surface area contributed by atoms with E-state index in [1.807, 2.05) is 31.2 Å². The van der Waals surface area contributed by atoms with Crippen LogP contribution in [0.5, 0.6) is 0 Å². The van der Waals surface area contributed by atoms with E-state index in [-0.39, 0.29) is 12.1 Å². The summed E-state index contributed by atoms with van der Waals surface area (Å²) in [6.07, 6.45) is -3.86. The minimum Gasteiger partial charge on any atom is -0.325 e. The Bertz CT molecular complexity index is 648. The number of benzene rings is 2. The standard InChI is InChI=1S/C17H16F3NO/c1-12-6-8-13(9-7-12)10-11-16(22)21-15-5-3-2-4-14(15)17(18,19)20/h2-9H,10-11H2,1H3,(H,21,22). The van der Waals surface area contributed by atoms with Crippen LogP contribution in [0.4, 0.5) is 18.9 Å². The fourth-order valence-electron chi connectivity index (χ4n) is 2.06. The van der Waals surface area contributed by atoms with Crippen LogP contribution in [0.1, 0.15) is 23.1 Å². The van der Waals surface area contributed by atoms with Crippen molar-refractivity contribution >= 4 is 11.6 Å². The Morgan fingerprint density at radius 1 is 1.05 bits per heavy atom. The molecule has 0 radical (unpaired) electrons. The number of amides is 1. The van der Waals surface area contributed by atoms with Crippen molar-refractivity contribution in [2.24, 2.45) is 0 Å². The van der Waals surface area contributed by atoms with E-state index in [4.69, 9.17) is 0 Å². The molecule has 0 aliphatic heterocycles.